The number of carbonyl (C=O) groups is 1. The van der Waals surface area contributed by atoms with E-state index in [1.54, 1.807) is 12.0 Å². The topological polar surface area (TPSA) is 63.9 Å². The maximum absolute atomic E-state index is 13.6. The fourth-order valence-corrected chi connectivity index (χ4v) is 3.85. The molecule has 0 radical (unpaired) electrons. The van der Waals surface area contributed by atoms with Crippen molar-refractivity contribution < 1.29 is 27.5 Å². The number of amides is 2. The number of hydrogen-bond donors (Lipinski definition) is 1. The Bertz CT molecular complexity index is 1110. The number of halogens is 2. The van der Waals surface area contributed by atoms with Crippen molar-refractivity contribution in [3.63, 3.8) is 0 Å². The maximum Gasteiger partial charge on any atom is 0.318 e. The van der Waals surface area contributed by atoms with E-state index in [2.05, 4.69) is 5.32 Å². The summed E-state index contributed by atoms with van der Waals surface area (Å²) < 4.78 is 43.7. The number of urea groups is 1. The second-order valence-electron chi connectivity index (χ2n) is 7.60. The van der Waals surface area contributed by atoms with Gasteiger partial charge in [-0.15, -0.1) is 0 Å². The summed E-state index contributed by atoms with van der Waals surface area (Å²) in [5.74, 6) is -0.451. The van der Waals surface area contributed by atoms with Crippen LogP contribution in [0.5, 0.6) is 5.75 Å². The van der Waals surface area contributed by atoms with E-state index in [9.17, 15) is 13.6 Å². The van der Waals surface area contributed by atoms with Crippen LogP contribution >= 0.6 is 0 Å². The van der Waals surface area contributed by atoms with Gasteiger partial charge in [-0.2, -0.15) is 0 Å². The van der Waals surface area contributed by atoms with Crippen LogP contribution in [0.15, 0.2) is 40.8 Å². The first kappa shape index (κ1) is 21.1. The first-order valence-electron chi connectivity index (χ1n) is 10.1. The third-order valence-corrected chi connectivity index (χ3v) is 5.58. The molecule has 4 rings (SSSR count). The lowest BCUT2D eigenvalue weighted by Crippen LogP contribution is -2.47. The zero-order valence-corrected chi connectivity index (χ0v) is 17.6. The molecule has 1 fully saturated rings. The van der Waals surface area contributed by atoms with E-state index < -0.39 is 17.7 Å². The van der Waals surface area contributed by atoms with Gasteiger partial charge in [0.25, 0.3) is 0 Å². The Balaban J connectivity index is 1.46. The average Bonchev–Trinajstić information content (AvgIpc) is 3.11. The first-order chi connectivity index (χ1) is 14.9. The number of benzene rings is 2. The van der Waals surface area contributed by atoms with E-state index in [0.29, 0.717) is 24.5 Å². The lowest BCUT2D eigenvalue weighted by atomic mass is 10.1. The van der Waals surface area contributed by atoms with Crippen molar-refractivity contribution in [1.82, 2.24) is 10.2 Å². The molecular weight excluding hydrogens is 406 g/mol. The van der Waals surface area contributed by atoms with Gasteiger partial charge in [0.1, 0.15) is 23.2 Å². The monoisotopic (exact) mass is 430 g/mol. The zero-order valence-electron chi connectivity index (χ0n) is 17.6. The predicted molar refractivity (Wildman–Crippen MR) is 111 cm³/mol. The number of nitrogens with one attached hydrogen (secondary N) is 1. The second-order valence-corrected chi connectivity index (χ2v) is 7.60. The molecule has 31 heavy (non-hydrogen) atoms. The molecule has 0 unspecified atom stereocenters. The number of methoxy groups -OCH3 is 1. The van der Waals surface area contributed by atoms with Gasteiger partial charge >= 0.3 is 6.03 Å². The summed E-state index contributed by atoms with van der Waals surface area (Å²) in [6.45, 7) is 4.73. The molecule has 0 saturated carbocycles. The van der Waals surface area contributed by atoms with Crippen molar-refractivity contribution >= 4 is 17.0 Å². The molecule has 2 atom stereocenters. The molecule has 0 spiro atoms. The van der Waals surface area contributed by atoms with Gasteiger partial charge in [-0.05, 0) is 49.7 Å². The molecule has 6 nitrogen and oxygen atoms in total. The first-order valence-corrected chi connectivity index (χ1v) is 10.1. The Hall–Kier alpha value is -3.13. The lowest BCUT2D eigenvalue weighted by Gasteiger charge is -2.33. The highest BCUT2D eigenvalue weighted by molar-refractivity contribution is 5.84. The van der Waals surface area contributed by atoms with Crippen LogP contribution in [0.4, 0.5) is 13.6 Å². The predicted octanol–water partition coefficient (Wildman–Crippen LogP) is 4.87. The molecule has 2 heterocycles. The normalized spacial score (nSPS) is 17.6. The van der Waals surface area contributed by atoms with Crippen molar-refractivity contribution in [2.45, 2.75) is 26.0 Å². The van der Waals surface area contributed by atoms with Crippen LogP contribution in [0, 0.1) is 18.6 Å². The van der Waals surface area contributed by atoms with Gasteiger partial charge in [0.15, 0.2) is 11.6 Å². The third-order valence-electron chi connectivity index (χ3n) is 5.58. The summed E-state index contributed by atoms with van der Waals surface area (Å²) in [5.41, 5.74) is 2.15. The van der Waals surface area contributed by atoms with E-state index in [-0.39, 0.29) is 18.6 Å². The Morgan fingerprint density at radius 3 is 2.77 bits per heavy atom. The van der Waals surface area contributed by atoms with E-state index in [4.69, 9.17) is 13.9 Å². The molecule has 164 valence electrons. The summed E-state index contributed by atoms with van der Waals surface area (Å²) in [5, 5.41) is 3.89. The number of fused-ring (bicyclic) bond motifs is 1. The van der Waals surface area contributed by atoms with E-state index in [1.165, 1.54) is 6.07 Å². The fraction of sp³-hybridized carbons (Fsp3) is 0.348. The van der Waals surface area contributed by atoms with Gasteiger partial charge in [0, 0.05) is 17.5 Å². The van der Waals surface area contributed by atoms with Crippen LogP contribution in [-0.4, -0.2) is 37.7 Å². The standard InChI is InChI=1S/C23H24F2N2O4/c1-13-17-11-16(29-3)5-7-20(17)31-22(13)14(2)26-23(28)27-8-9-30-21(12-27)15-4-6-18(24)19(25)10-15/h4-7,10-11,14,21H,8-9,12H2,1-3H3,(H,26,28)/t14-,21-/m1/s1. The van der Waals surface area contributed by atoms with Gasteiger partial charge in [0.2, 0.25) is 0 Å². The maximum atomic E-state index is 13.6. The number of ether oxygens (including phenoxy) is 2. The zero-order chi connectivity index (χ0) is 22.1. The van der Waals surface area contributed by atoms with Crippen molar-refractivity contribution in [3.8, 4) is 5.75 Å². The van der Waals surface area contributed by atoms with Crippen LogP contribution < -0.4 is 10.1 Å². The summed E-state index contributed by atoms with van der Waals surface area (Å²) in [4.78, 5) is 14.5. The van der Waals surface area contributed by atoms with E-state index >= 15 is 0 Å². The molecule has 3 aromatic rings. The minimum atomic E-state index is -0.937. The third kappa shape index (κ3) is 4.20. The quantitative estimate of drug-likeness (QED) is 0.641. The number of aryl methyl sites for hydroxylation is 1. The Kier molecular flexibility index (Phi) is 5.82. The number of nitrogens with zero attached hydrogens (tertiary/aromatic N) is 1. The molecule has 2 amide bonds. The molecule has 0 bridgehead atoms. The molecule has 1 aliphatic rings. The highest BCUT2D eigenvalue weighted by Gasteiger charge is 2.28. The molecule has 1 aromatic heterocycles. The van der Waals surface area contributed by atoms with Crippen molar-refractivity contribution in [2.24, 2.45) is 0 Å². The Morgan fingerprint density at radius 2 is 2.03 bits per heavy atom. The van der Waals surface area contributed by atoms with Crippen LogP contribution in [0.3, 0.4) is 0 Å². The minimum absolute atomic E-state index is 0.236. The van der Waals surface area contributed by atoms with Crippen molar-refractivity contribution in [2.75, 3.05) is 26.8 Å². The number of hydrogen-bond acceptors (Lipinski definition) is 4. The van der Waals surface area contributed by atoms with Crippen LogP contribution in [0.1, 0.15) is 36.0 Å². The van der Waals surface area contributed by atoms with Gasteiger partial charge < -0.3 is 24.1 Å². The molecule has 1 N–H and O–H groups in total. The molecule has 0 aliphatic carbocycles. The van der Waals surface area contributed by atoms with Gasteiger partial charge in [0.05, 0.1) is 26.3 Å². The summed E-state index contributed by atoms with van der Waals surface area (Å²) in [6, 6.07) is 8.57. The van der Waals surface area contributed by atoms with Gasteiger partial charge in [-0.25, -0.2) is 13.6 Å². The lowest BCUT2D eigenvalue weighted by molar-refractivity contribution is -0.0159. The highest BCUT2D eigenvalue weighted by atomic mass is 19.2. The van der Waals surface area contributed by atoms with Crippen LogP contribution in [-0.2, 0) is 4.74 Å². The molecule has 8 heteroatoms. The van der Waals surface area contributed by atoms with Gasteiger partial charge in [-0.1, -0.05) is 6.07 Å². The number of morpholine rings is 1. The molecular formula is C23H24F2N2O4. The summed E-state index contributed by atoms with van der Waals surface area (Å²) in [7, 11) is 1.61. The van der Waals surface area contributed by atoms with Gasteiger partial charge in [-0.3, -0.25) is 0 Å². The molecule has 2 aromatic carbocycles. The number of rotatable bonds is 4. The van der Waals surface area contributed by atoms with E-state index in [1.807, 2.05) is 32.0 Å². The summed E-state index contributed by atoms with van der Waals surface area (Å²) >= 11 is 0. The van der Waals surface area contributed by atoms with Crippen molar-refractivity contribution in [3.05, 3.63) is 64.9 Å². The summed E-state index contributed by atoms with van der Waals surface area (Å²) in [6.07, 6.45) is -0.523. The SMILES string of the molecule is COc1ccc2oc([C@@H](C)NC(=O)N3CCO[C@@H](c4ccc(F)c(F)c4)C3)c(C)c2c1. The van der Waals surface area contributed by atoms with Crippen LogP contribution in [0.25, 0.3) is 11.0 Å². The Labute approximate surface area is 178 Å². The second kappa shape index (κ2) is 8.55. The number of furan rings is 1. The highest BCUT2D eigenvalue weighted by Crippen LogP contribution is 2.32. The van der Waals surface area contributed by atoms with Crippen molar-refractivity contribution in [1.29, 1.82) is 0 Å². The molecule has 1 saturated heterocycles. The average molecular weight is 430 g/mol. The van der Waals surface area contributed by atoms with E-state index in [0.717, 1.165) is 34.4 Å². The Morgan fingerprint density at radius 1 is 1.23 bits per heavy atom. The fourth-order valence-electron chi connectivity index (χ4n) is 3.85. The largest absolute Gasteiger partial charge is 0.497 e. The smallest absolute Gasteiger partial charge is 0.318 e. The number of carbonyl (C=O) groups excluding carboxylic acids is 1. The minimum Gasteiger partial charge on any atom is -0.497 e. The molecule has 1 aliphatic heterocycles. The van der Waals surface area contributed by atoms with Crippen LogP contribution in [0.2, 0.25) is 0 Å².